The third-order valence-corrected chi connectivity index (χ3v) is 5.58. The summed E-state index contributed by atoms with van der Waals surface area (Å²) in [6.07, 6.45) is -7.10. The van der Waals surface area contributed by atoms with Crippen LogP contribution in [-0.2, 0) is 20.1 Å². The van der Waals surface area contributed by atoms with Gasteiger partial charge in [-0.05, 0) is 26.3 Å². The number of aliphatic hydroxyl groups excluding tert-OH is 3. The van der Waals surface area contributed by atoms with Crippen molar-refractivity contribution in [2.24, 2.45) is 5.73 Å². The Morgan fingerprint density at radius 2 is 1.54 bits per heavy atom. The number of aryl methyl sites for hydroxylation is 1. The Bertz CT molecular complexity index is 808. The number of rotatable bonds is 11. The highest BCUT2D eigenvalue weighted by Crippen LogP contribution is 2.15. The molecule has 1 aromatic rings. The van der Waals surface area contributed by atoms with E-state index >= 15 is 0 Å². The van der Waals surface area contributed by atoms with Gasteiger partial charge in [-0.25, -0.2) is 4.79 Å². The Labute approximate surface area is 205 Å². The van der Waals surface area contributed by atoms with Gasteiger partial charge in [0.1, 0.15) is 12.1 Å². The molecule has 0 aliphatic rings. The van der Waals surface area contributed by atoms with E-state index in [1.54, 1.807) is 0 Å². The topological polar surface area (TPSA) is 182 Å². The molecule has 0 fully saturated rings. The number of carbonyl (C=O) groups excluding carboxylic acids is 2. The fourth-order valence-electron chi connectivity index (χ4n) is 2.25. The molecule has 10 nitrogen and oxygen atoms in total. The number of aliphatic carboxylic acids is 1. The third-order valence-electron chi connectivity index (χ3n) is 4.48. The van der Waals surface area contributed by atoms with Crippen LogP contribution in [0.25, 0.3) is 0 Å². The van der Waals surface area contributed by atoms with Crippen molar-refractivity contribution >= 4 is 29.5 Å². The SMILES string of the molecule is Cc1ccc(CSC[C@H](NC(=O)[C@@H](N)[C@@H](C)O)C(=O)N[C@H](CO)[C@@H](C)O)cc1.O=C(O)C(F)(F)F. The van der Waals surface area contributed by atoms with Crippen LogP contribution >= 0.6 is 11.8 Å². The van der Waals surface area contributed by atoms with E-state index in [9.17, 15) is 38.1 Å². The minimum Gasteiger partial charge on any atom is -0.475 e. The number of nitrogens with two attached hydrogens (primary N) is 1. The van der Waals surface area contributed by atoms with Crippen molar-refractivity contribution in [2.45, 2.75) is 63.0 Å². The van der Waals surface area contributed by atoms with E-state index in [2.05, 4.69) is 10.6 Å². The van der Waals surface area contributed by atoms with Gasteiger partial charge in [-0.15, -0.1) is 0 Å². The molecule has 5 atom stereocenters. The second-order valence-corrected chi connectivity index (χ2v) is 8.70. The Balaban J connectivity index is 0.00000143. The number of carbonyl (C=O) groups is 3. The molecule has 200 valence electrons. The van der Waals surface area contributed by atoms with Crippen LogP contribution in [0.3, 0.4) is 0 Å². The number of alkyl halides is 3. The van der Waals surface area contributed by atoms with Crippen molar-refractivity contribution in [3.8, 4) is 0 Å². The Morgan fingerprint density at radius 3 is 1.94 bits per heavy atom. The summed E-state index contributed by atoms with van der Waals surface area (Å²) >= 11 is 1.45. The van der Waals surface area contributed by atoms with E-state index in [0.717, 1.165) is 11.1 Å². The van der Waals surface area contributed by atoms with Crippen LogP contribution in [0.15, 0.2) is 24.3 Å². The monoisotopic (exact) mass is 527 g/mol. The predicted molar refractivity (Wildman–Crippen MR) is 123 cm³/mol. The maximum absolute atomic E-state index is 12.6. The van der Waals surface area contributed by atoms with Crippen LogP contribution < -0.4 is 16.4 Å². The van der Waals surface area contributed by atoms with Crippen LogP contribution in [0.5, 0.6) is 0 Å². The molecule has 8 N–H and O–H groups in total. The van der Waals surface area contributed by atoms with E-state index < -0.39 is 60.9 Å². The normalized spacial score (nSPS) is 15.5. The van der Waals surface area contributed by atoms with Crippen molar-refractivity contribution < 1.29 is 48.0 Å². The van der Waals surface area contributed by atoms with E-state index in [1.807, 2.05) is 31.2 Å². The van der Waals surface area contributed by atoms with E-state index in [1.165, 1.54) is 25.6 Å². The van der Waals surface area contributed by atoms with Crippen molar-refractivity contribution in [3.05, 3.63) is 35.4 Å². The van der Waals surface area contributed by atoms with Crippen LogP contribution in [0.4, 0.5) is 13.2 Å². The number of carboxylic acid groups (broad SMARTS) is 1. The summed E-state index contributed by atoms with van der Waals surface area (Å²) in [5, 5.41) is 40.6. The second kappa shape index (κ2) is 15.6. The highest BCUT2D eigenvalue weighted by atomic mass is 32.2. The molecule has 0 saturated carbocycles. The minimum atomic E-state index is -5.08. The summed E-state index contributed by atoms with van der Waals surface area (Å²) in [5.41, 5.74) is 7.87. The molecule has 0 aliphatic heterocycles. The first-order valence-electron chi connectivity index (χ1n) is 10.4. The number of nitrogens with one attached hydrogen (secondary N) is 2. The zero-order valence-electron chi connectivity index (χ0n) is 19.5. The van der Waals surface area contributed by atoms with Crippen LogP contribution in [0, 0.1) is 6.92 Å². The zero-order chi connectivity index (χ0) is 27.3. The van der Waals surface area contributed by atoms with Crippen molar-refractivity contribution in [3.63, 3.8) is 0 Å². The van der Waals surface area contributed by atoms with Gasteiger partial charge in [-0.1, -0.05) is 29.8 Å². The van der Waals surface area contributed by atoms with Gasteiger partial charge >= 0.3 is 12.1 Å². The maximum atomic E-state index is 12.6. The molecule has 0 radical (unpaired) electrons. The van der Waals surface area contributed by atoms with E-state index in [-0.39, 0.29) is 5.75 Å². The molecule has 0 bridgehead atoms. The van der Waals surface area contributed by atoms with Gasteiger partial charge in [0, 0.05) is 11.5 Å². The zero-order valence-corrected chi connectivity index (χ0v) is 20.3. The largest absolute Gasteiger partial charge is 0.490 e. The first-order chi connectivity index (χ1) is 16.1. The number of thioether (sulfide) groups is 1. The lowest BCUT2D eigenvalue weighted by Gasteiger charge is -2.25. The molecule has 1 aromatic carbocycles. The van der Waals surface area contributed by atoms with Crippen molar-refractivity contribution in [2.75, 3.05) is 12.4 Å². The molecule has 0 aliphatic carbocycles. The van der Waals surface area contributed by atoms with Crippen LogP contribution in [0.1, 0.15) is 25.0 Å². The number of amides is 2. The molecule has 35 heavy (non-hydrogen) atoms. The Kier molecular flexibility index (Phi) is 14.5. The summed E-state index contributed by atoms with van der Waals surface area (Å²) < 4.78 is 31.7. The van der Waals surface area contributed by atoms with Gasteiger partial charge in [0.15, 0.2) is 0 Å². The molecule has 0 heterocycles. The molecule has 1 rings (SSSR count). The van der Waals surface area contributed by atoms with Gasteiger partial charge in [-0.3, -0.25) is 9.59 Å². The third kappa shape index (κ3) is 13.3. The lowest BCUT2D eigenvalue weighted by atomic mass is 10.1. The molecule has 0 saturated heterocycles. The Hall–Kier alpha value is -2.39. The van der Waals surface area contributed by atoms with Gasteiger partial charge in [-0.2, -0.15) is 24.9 Å². The predicted octanol–water partition coefficient (Wildman–Crippen LogP) is -0.0877. The minimum absolute atomic E-state index is 0.260. The quantitative estimate of drug-likeness (QED) is 0.207. The fraction of sp³-hybridized carbons (Fsp3) is 0.571. The summed E-state index contributed by atoms with van der Waals surface area (Å²) in [5.74, 6) is -3.04. The molecule has 0 aromatic heterocycles. The standard InChI is InChI=1S/C19H31N3O5S.C2HF3O2/c1-11-4-6-14(7-5-11)9-28-10-16(22-19(27)17(20)13(3)25)18(26)21-15(8-23)12(2)24;3-2(4,5)1(6)7/h4-7,12-13,15-17,23-25H,8-10,20H2,1-3H3,(H,21,26)(H,22,27);(H,6,7)/t12-,13-,15-,16+,17+;/m1./s1. The van der Waals surface area contributed by atoms with Gasteiger partial charge in [0.05, 0.1) is 24.9 Å². The number of benzene rings is 1. The van der Waals surface area contributed by atoms with Gasteiger partial charge in [0.2, 0.25) is 11.8 Å². The van der Waals surface area contributed by atoms with E-state index in [0.29, 0.717) is 5.75 Å². The summed E-state index contributed by atoms with van der Waals surface area (Å²) in [6, 6.07) is 5.04. The summed E-state index contributed by atoms with van der Waals surface area (Å²) in [7, 11) is 0. The van der Waals surface area contributed by atoms with Gasteiger partial charge < -0.3 is 36.8 Å². The summed E-state index contributed by atoms with van der Waals surface area (Å²) in [4.78, 5) is 33.6. The lowest BCUT2D eigenvalue weighted by Crippen LogP contribution is -2.57. The number of hydrogen-bond donors (Lipinski definition) is 7. The number of carboxylic acids is 1. The molecule has 0 spiro atoms. The van der Waals surface area contributed by atoms with E-state index in [4.69, 9.17) is 15.6 Å². The fourth-order valence-corrected chi connectivity index (χ4v) is 3.27. The highest BCUT2D eigenvalue weighted by molar-refractivity contribution is 7.98. The van der Waals surface area contributed by atoms with Crippen LogP contribution in [-0.4, -0.2) is 87.1 Å². The van der Waals surface area contributed by atoms with Gasteiger partial charge in [0.25, 0.3) is 0 Å². The van der Waals surface area contributed by atoms with Crippen LogP contribution in [0.2, 0.25) is 0 Å². The molecular formula is C21H32F3N3O7S. The smallest absolute Gasteiger partial charge is 0.475 e. The molecule has 0 unspecified atom stereocenters. The summed E-state index contributed by atoms with van der Waals surface area (Å²) in [6.45, 7) is 4.40. The lowest BCUT2D eigenvalue weighted by molar-refractivity contribution is -0.192. The molecule has 2 amide bonds. The van der Waals surface area contributed by atoms with Crippen molar-refractivity contribution in [1.82, 2.24) is 10.6 Å². The number of halogens is 3. The first kappa shape index (κ1) is 32.6. The Morgan fingerprint density at radius 1 is 1.03 bits per heavy atom. The van der Waals surface area contributed by atoms with Crippen molar-refractivity contribution in [1.29, 1.82) is 0 Å². The average Bonchev–Trinajstić information content (AvgIpc) is 2.76. The molecule has 14 heteroatoms. The molecular weight excluding hydrogens is 495 g/mol. The number of hydrogen-bond acceptors (Lipinski definition) is 8. The average molecular weight is 528 g/mol. The first-order valence-corrected chi connectivity index (χ1v) is 11.5. The highest BCUT2D eigenvalue weighted by Gasteiger charge is 2.38. The second-order valence-electron chi connectivity index (χ2n) is 7.67. The maximum Gasteiger partial charge on any atom is 0.490 e. The number of aliphatic hydroxyl groups is 3.